The van der Waals surface area contributed by atoms with Crippen LogP contribution < -0.4 is 14.9 Å². The smallest absolute Gasteiger partial charge is 0.352 e. The molecule has 0 spiro atoms. The second kappa shape index (κ2) is 5.84. The number of hydrogen-bond acceptors (Lipinski definition) is 5. The van der Waals surface area contributed by atoms with Crippen LogP contribution in [0.1, 0.15) is 10.5 Å². The van der Waals surface area contributed by atoms with Gasteiger partial charge in [-0.05, 0) is 12.1 Å². The van der Waals surface area contributed by atoms with Gasteiger partial charge in [0.25, 0.3) is 0 Å². The van der Waals surface area contributed by atoms with Gasteiger partial charge < -0.3 is 24.3 Å². The van der Waals surface area contributed by atoms with Gasteiger partial charge in [-0.1, -0.05) is 0 Å². The van der Waals surface area contributed by atoms with Crippen LogP contribution in [0.5, 0.6) is 11.5 Å². The number of aliphatic hydroxyl groups excluding tert-OH is 1. The molecule has 112 valence electrons. The average molecular weight is 293 g/mol. The lowest BCUT2D eigenvalue weighted by Crippen LogP contribution is -2.20. The number of aromatic carboxylic acids is 1. The van der Waals surface area contributed by atoms with E-state index in [1.807, 2.05) is 0 Å². The minimum atomic E-state index is -1.26. The maximum Gasteiger partial charge on any atom is 0.352 e. The van der Waals surface area contributed by atoms with Crippen LogP contribution in [0.25, 0.3) is 10.9 Å². The molecule has 21 heavy (non-hydrogen) atoms. The average Bonchev–Trinajstić information content (AvgIpc) is 2.48. The third-order valence-corrected chi connectivity index (χ3v) is 3.16. The molecule has 0 fully saturated rings. The molecule has 0 unspecified atom stereocenters. The molecule has 2 rings (SSSR count). The van der Waals surface area contributed by atoms with E-state index in [1.165, 1.54) is 18.8 Å². The number of carboxylic acid groups (broad SMARTS) is 1. The Hall–Kier alpha value is -2.54. The van der Waals surface area contributed by atoms with E-state index in [0.717, 1.165) is 6.07 Å². The minimum absolute atomic E-state index is 0.0158. The first-order chi connectivity index (χ1) is 10.0. The number of rotatable bonds is 5. The van der Waals surface area contributed by atoms with E-state index < -0.39 is 11.4 Å². The molecule has 1 aromatic heterocycles. The van der Waals surface area contributed by atoms with Gasteiger partial charge in [-0.25, -0.2) is 4.79 Å². The zero-order chi connectivity index (χ0) is 15.6. The van der Waals surface area contributed by atoms with E-state index in [1.54, 1.807) is 12.1 Å². The number of benzene rings is 1. The first-order valence-electron chi connectivity index (χ1n) is 6.17. The molecule has 0 aliphatic heterocycles. The molecule has 1 heterocycles. The lowest BCUT2D eigenvalue weighted by atomic mass is 10.1. The summed E-state index contributed by atoms with van der Waals surface area (Å²) in [7, 11) is 2.84. The van der Waals surface area contributed by atoms with Gasteiger partial charge in [0.2, 0.25) is 0 Å². The topological polar surface area (TPSA) is 98.0 Å². The molecule has 7 nitrogen and oxygen atoms in total. The van der Waals surface area contributed by atoms with Gasteiger partial charge in [0.05, 0.1) is 31.7 Å². The van der Waals surface area contributed by atoms with Crippen molar-refractivity contribution in [3.8, 4) is 11.5 Å². The molecule has 0 saturated heterocycles. The third kappa shape index (κ3) is 2.43. The van der Waals surface area contributed by atoms with Crippen molar-refractivity contribution in [1.82, 2.24) is 4.57 Å². The second-order valence-corrected chi connectivity index (χ2v) is 4.27. The SMILES string of the molecule is COc1ccc(OC)c2c1c(=O)cc(C(=O)O)n2CCO. The first-order valence-corrected chi connectivity index (χ1v) is 6.17. The van der Waals surface area contributed by atoms with E-state index in [-0.39, 0.29) is 29.7 Å². The van der Waals surface area contributed by atoms with E-state index in [2.05, 4.69) is 0 Å². The van der Waals surface area contributed by atoms with Gasteiger partial charge in [-0.2, -0.15) is 0 Å². The van der Waals surface area contributed by atoms with Crippen LogP contribution in [0.4, 0.5) is 0 Å². The minimum Gasteiger partial charge on any atom is -0.496 e. The third-order valence-electron chi connectivity index (χ3n) is 3.16. The molecule has 0 bridgehead atoms. The van der Waals surface area contributed by atoms with E-state index in [9.17, 15) is 19.8 Å². The highest BCUT2D eigenvalue weighted by Crippen LogP contribution is 2.31. The molecule has 0 atom stereocenters. The van der Waals surface area contributed by atoms with Crippen LogP contribution >= 0.6 is 0 Å². The second-order valence-electron chi connectivity index (χ2n) is 4.27. The maximum atomic E-state index is 12.2. The Bertz CT molecular complexity index is 749. The number of hydrogen-bond donors (Lipinski definition) is 2. The zero-order valence-corrected chi connectivity index (χ0v) is 11.6. The number of fused-ring (bicyclic) bond motifs is 1. The fourth-order valence-corrected chi connectivity index (χ4v) is 2.30. The standard InChI is InChI=1S/C14H15NO6/c1-20-10-3-4-11(21-2)13-12(10)9(17)7-8(14(18)19)15(13)5-6-16/h3-4,7,16H,5-6H2,1-2H3,(H,18,19). The number of carbonyl (C=O) groups is 1. The largest absolute Gasteiger partial charge is 0.496 e. The van der Waals surface area contributed by atoms with Crippen LogP contribution in [0.3, 0.4) is 0 Å². The molecule has 1 aromatic carbocycles. The highest BCUT2D eigenvalue weighted by molar-refractivity contribution is 5.95. The van der Waals surface area contributed by atoms with Crippen molar-refractivity contribution in [1.29, 1.82) is 0 Å². The number of methoxy groups -OCH3 is 2. The summed E-state index contributed by atoms with van der Waals surface area (Å²) in [6.07, 6.45) is 0. The van der Waals surface area contributed by atoms with Gasteiger partial charge in [0.15, 0.2) is 5.43 Å². The lowest BCUT2D eigenvalue weighted by molar-refractivity contribution is 0.0683. The lowest BCUT2D eigenvalue weighted by Gasteiger charge is -2.17. The van der Waals surface area contributed by atoms with Gasteiger partial charge in [-0.3, -0.25) is 4.79 Å². The Kier molecular flexibility index (Phi) is 4.13. The molecule has 0 radical (unpaired) electrons. The van der Waals surface area contributed by atoms with Gasteiger partial charge >= 0.3 is 5.97 Å². The number of nitrogens with zero attached hydrogens (tertiary/aromatic N) is 1. The molecule has 2 N–H and O–H groups in total. The molecular weight excluding hydrogens is 278 g/mol. The fourth-order valence-electron chi connectivity index (χ4n) is 2.30. The highest BCUT2D eigenvalue weighted by Gasteiger charge is 2.20. The molecule has 2 aromatic rings. The summed E-state index contributed by atoms with van der Waals surface area (Å²) in [5.74, 6) is -0.605. The normalized spacial score (nSPS) is 10.6. The Morgan fingerprint density at radius 1 is 1.24 bits per heavy atom. The fraction of sp³-hybridized carbons (Fsp3) is 0.286. The van der Waals surface area contributed by atoms with Gasteiger partial charge in [0.1, 0.15) is 17.2 Å². The van der Waals surface area contributed by atoms with Crippen LogP contribution in [-0.2, 0) is 6.54 Å². The Morgan fingerprint density at radius 2 is 1.86 bits per heavy atom. The predicted molar refractivity (Wildman–Crippen MR) is 75.4 cm³/mol. The molecule has 7 heteroatoms. The van der Waals surface area contributed by atoms with Crippen molar-refractivity contribution in [3.05, 3.63) is 34.1 Å². The van der Waals surface area contributed by atoms with Crippen molar-refractivity contribution in [3.63, 3.8) is 0 Å². The molecule has 0 aliphatic rings. The molecule has 0 saturated carbocycles. The van der Waals surface area contributed by atoms with Crippen molar-refractivity contribution in [2.24, 2.45) is 0 Å². The van der Waals surface area contributed by atoms with Crippen LogP contribution in [0, 0.1) is 0 Å². The van der Waals surface area contributed by atoms with Crippen LogP contribution in [0.2, 0.25) is 0 Å². The summed E-state index contributed by atoms with van der Waals surface area (Å²) >= 11 is 0. The molecule has 0 aliphatic carbocycles. The monoisotopic (exact) mass is 293 g/mol. The predicted octanol–water partition coefficient (Wildman–Crippen LogP) is 0.709. The van der Waals surface area contributed by atoms with Gasteiger partial charge in [-0.15, -0.1) is 0 Å². The Balaban J connectivity index is 3.03. The number of aliphatic hydroxyl groups is 1. The van der Waals surface area contributed by atoms with Crippen molar-refractivity contribution in [2.75, 3.05) is 20.8 Å². The number of aromatic nitrogens is 1. The maximum absolute atomic E-state index is 12.2. The van der Waals surface area contributed by atoms with E-state index >= 15 is 0 Å². The Morgan fingerprint density at radius 3 is 2.38 bits per heavy atom. The molecular formula is C14H15NO6. The summed E-state index contributed by atoms with van der Waals surface area (Å²) in [6, 6.07) is 4.18. The summed E-state index contributed by atoms with van der Waals surface area (Å²) in [5, 5.41) is 18.7. The quantitative estimate of drug-likeness (QED) is 0.842. The summed E-state index contributed by atoms with van der Waals surface area (Å²) in [4.78, 5) is 23.6. The van der Waals surface area contributed by atoms with Crippen molar-refractivity contribution in [2.45, 2.75) is 6.54 Å². The summed E-state index contributed by atoms with van der Waals surface area (Å²) < 4.78 is 11.7. The highest BCUT2D eigenvalue weighted by atomic mass is 16.5. The number of pyridine rings is 1. The number of carboxylic acids is 1. The van der Waals surface area contributed by atoms with Crippen LogP contribution in [0.15, 0.2) is 23.0 Å². The summed E-state index contributed by atoms with van der Waals surface area (Å²) in [5.41, 5.74) is -0.406. The first kappa shape index (κ1) is 14.9. The Labute approximate surface area is 120 Å². The van der Waals surface area contributed by atoms with Crippen molar-refractivity contribution < 1.29 is 24.5 Å². The van der Waals surface area contributed by atoms with E-state index in [0.29, 0.717) is 11.5 Å². The molecule has 0 amide bonds. The van der Waals surface area contributed by atoms with Crippen LogP contribution in [-0.4, -0.2) is 41.6 Å². The summed E-state index contributed by atoms with van der Waals surface area (Å²) in [6.45, 7) is -0.263. The van der Waals surface area contributed by atoms with Gasteiger partial charge in [0, 0.05) is 12.6 Å². The van der Waals surface area contributed by atoms with E-state index in [4.69, 9.17) is 9.47 Å². The zero-order valence-electron chi connectivity index (χ0n) is 11.6. The van der Waals surface area contributed by atoms with Crippen molar-refractivity contribution >= 4 is 16.9 Å². The number of ether oxygens (including phenoxy) is 2.